The number of carbonyl (C=O) groups is 1. The number of ketones is 1. The number of Topliss-reactive ketones (excluding diaryl/α,β-unsaturated/α-hetero) is 1. The highest BCUT2D eigenvalue weighted by molar-refractivity contribution is 6.28. The standard InChI is InChI=1S/C10H17ClO2/c1-8(2)5-4-6-10(3,13)9(12)7-11/h5,13H,4,6-7H2,1-3H3. The molecule has 0 aromatic heterocycles. The molecule has 1 unspecified atom stereocenters. The third kappa shape index (κ3) is 5.06. The van der Waals surface area contributed by atoms with Gasteiger partial charge in [0.2, 0.25) is 0 Å². The van der Waals surface area contributed by atoms with E-state index in [0.29, 0.717) is 12.8 Å². The number of halogens is 1. The number of alkyl halides is 1. The molecular weight excluding hydrogens is 188 g/mol. The molecule has 0 aromatic carbocycles. The van der Waals surface area contributed by atoms with Crippen molar-refractivity contribution in [2.45, 2.75) is 39.2 Å². The quantitative estimate of drug-likeness (QED) is 0.551. The lowest BCUT2D eigenvalue weighted by Gasteiger charge is -2.19. The summed E-state index contributed by atoms with van der Waals surface area (Å²) in [6, 6.07) is 0. The first-order valence-electron chi connectivity index (χ1n) is 4.35. The normalized spacial score (nSPS) is 14.8. The van der Waals surface area contributed by atoms with Gasteiger partial charge in [0, 0.05) is 0 Å². The van der Waals surface area contributed by atoms with E-state index in [4.69, 9.17) is 11.6 Å². The summed E-state index contributed by atoms with van der Waals surface area (Å²) in [5, 5.41) is 9.63. The van der Waals surface area contributed by atoms with Gasteiger partial charge in [0.15, 0.2) is 5.78 Å². The Morgan fingerprint density at radius 3 is 2.46 bits per heavy atom. The van der Waals surface area contributed by atoms with Gasteiger partial charge in [-0.3, -0.25) is 4.79 Å². The Balaban J connectivity index is 4.03. The van der Waals surface area contributed by atoms with Crippen LogP contribution in [0.2, 0.25) is 0 Å². The Morgan fingerprint density at radius 1 is 1.54 bits per heavy atom. The maximum absolute atomic E-state index is 11.1. The smallest absolute Gasteiger partial charge is 0.178 e. The van der Waals surface area contributed by atoms with Gasteiger partial charge in [0.1, 0.15) is 5.60 Å². The van der Waals surface area contributed by atoms with Gasteiger partial charge in [-0.15, -0.1) is 11.6 Å². The van der Waals surface area contributed by atoms with E-state index in [1.165, 1.54) is 12.5 Å². The summed E-state index contributed by atoms with van der Waals surface area (Å²) in [5.74, 6) is -0.432. The molecule has 13 heavy (non-hydrogen) atoms. The average molecular weight is 205 g/mol. The maximum Gasteiger partial charge on any atom is 0.178 e. The zero-order chi connectivity index (χ0) is 10.5. The lowest BCUT2D eigenvalue weighted by molar-refractivity contribution is -0.133. The molecule has 76 valence electrons. The molecule has 0 amide bonds. The molecule has 2 nitrogen and oxygen atoms in total. The first kappa shape index (κ1) is 12.7. The van der Waals surface area contributed by atoms with Gasteiger partial charge in [0.25, 0.3) is 0 Å². The number of hydrogen-bond acceptors (Lipinski definition) is 2. The molecule has 1 atom stereocenters. The van der Waals surface area contributed by atoms with E-state index in [9.17, 15) is 9.90 Å². The summed E-state index contributed by atoms with van der Waals surface area (Å²) >= 11 is 5.35. The predicted octanol–water partition coefficient (Wildman–Crippen LogP) is 2.29. The predicted molar refractivity (Wildman–Crippen MR) is 55.0 cm³/mol. The van der Waals surface area contributed by atoms with E-state index in [-0.39, 0.29) is 11.7 Å². The second-order valence-corrected chi connectivity index (χ2v) is 3.92. The molecule has 0 aliphatic heterocycles. The van der Waals surface area contributed by atoms with Crippen LogP contribution in [0.25, 0.3) is 0 Å². The first-order valence-corrected chi connectivity index (χ1v) is 4.88. The van der Waals surface area contributed by atoms with Crippen molar-refractivity contribution >= 4 is 17.4 Å². The van der Waals surface area contributed by atoms with Crippen molar-refractivity contribution in [3.63, 3.8) is 0 Å². The molecule has 0 aromatic rings. The van der Waals surface area contributed by atoms with E-state index in [1.54, 1.807) is 0 Å². The zero-order valence-corrected chi connectivity index (χ0v) is 9.19. The Kier molecular flexibility index (Phi) is 5.26. The molecule has 0 spiro atoms. The summed E-state index contributed by atoms with van der Waals surface area (Å²) in [5.41, 5.74) is -0.0811. The van der Waals surface area contributed by atoms with Crippen LogP contribution in [0.1, 0.15) is 33.6 Å². The molecule has 0 saturated heterocycles. The highest BCUT2D eigenvalue weighted by Crippen LogP contribution is 2.15. The van der Waals surface area contributed by atoms with Crippen LogP contribution in [0.15, 0.2) is 11.6 Å². The molecular formula is C10H17ClO2. The van der Waals surface area contributed by atoms with E-state index in [2.05, 4.69) is 0 Å². The molecule has 0 heterocycles. The van der Waals surface area contributed by atoms with Gasteiger partial charge in [-0.2, -0.15) is 0 Å². The minimum absolute atomic E-state index is 0.123. The third-order valence-electron chi connectivity index (χ3n) is 1.91. The average Bonchev–Trinajstić information content (AvgIpc) is 2.01. The molecule has 0 rings (SSSR count). The molecule has 1 N–H and O–H groups in total. The molecule has 0 fully saturated rings. The summed E-state index contributed by atoms with van der Waals surface area (Å²) in [7, 11) is 0. The number of aliphatic hydroxyl groups is 1. The summed E-state index contributed by atoms with van der Waals surface area (Å²) in [6.07, 6.45) is 3.14. The molecule has 0 aliphatic rings. The number of hydrogen-bond donors (Lipinski definition) is 1. The largest absolute Gasteiger partial charge is 0.382 e. The van der Waals surface area contributed by atoms with Crippen molar-refractivity contribution in [2.75, 3.05) is 5.88 Å². The van der Waals surface area contributed by atoms with Crippen LogP contribution in [0.4, 0.5) is 0 Å². The Hall–Kier alpha value is -0.340. The Labute approximate surface area is 84.6 Å². The van der Waals surface area contributed by atoms with E-state index in [1.807, 2.05) is 19.9 Å². The highest BCUT2D eigenvalue weighted by atomic mass is 35.5. The van der Waals surface area contributed by atoms with E-state index < -0.39 is 5.60 Å². The summed E-state index contributed by atoms with van der Waals surface area (Å²) < 4.78 is 0. The van der Waals surface area contributed by atoms with Crippen LogP contribution in [-0.4, -0.2) is 22.4 Å². The van der Waals surface area contributed by atoms with Gasteiger partial charge in [-0.25, -0.2) is 0 Å². The van der Waals surface area contributed by atoms with E-state index in [0.717, 1.165) is 0 Å². The zero-order valence-electron chi connectivity index (χ0n) is 8.43. The monoisotopic (exact) mass is 204 g/mol. The lowest BCUT2D eigenvalue weighted by Crippen LogP contribution is -2.35. The number of rotatable bonds is 5. The van der Waals surface area contributed by atoms with Gasteiger partial charge >= 0.3 is 0 Å². The van der Waals surface area contributed by atoms with E-state index >= 15 is 0 Å². The SMILES string of the molecule is CC(C)=CCCC(C)(O)C(=O)CCl. The van der Waals surface area contributed by atoms with Gasteiger partial charge in [-0.05, 0) is 33.6 Å². The molecule has 0 radical (unpaired) electrons. The van der Waals surface area contributed by atoms with Crippen molar-refractivity contribution in [2.24, 2.45) is 0 Å². The van der Waals surface area contributed by atoms with Crippen molar-refractivity contribution in [3.8, 4) is 0 Å². The Morgan fingerprint density at radius 2 is 2.08 bits per heavy atom. The molecule has 3 heteroatoms. The minimum atomic E-state index is -1.27. The summed E-state index contributed by atoms with van der Waals surface area (Å²) in [6.45, 7) is 5.48. The van der Waals surface area contributed by atoms with Crippen LogP contribution < -0.4 is 0 Å². The van der Waals surface area contributed by atoms with Crippen molar-refractivity contribution < 1.29 is 9.90 Å². The van der Waals surface area contributed by atoms with Crippen LogP contribution >= 0.6 is 11.6 Å². The fourth-order valence-electron chi connectivity index (χ4n) is 0.925. The lowest BCUT2D eigenvalue weighted by atomic mass is 9.95. The second kappa shape index (κ2) is 5.40. The van der Waals surface area contributed by atoms with Crippen molar-refractivity contribution in [1.29, 1.82) is 0 Å². The topological polar surface area (TPSA) is 37.3 Å². The van der Waals surface area contributed by atoms with Crippen molar-refractivity contribution in [1.82, 2.24) is 0 Å². The Bertz CT molecular complexity index is 203. The maximum atomic E-state index is 11.1. The van der Waals surface area contributed by atoms with Crippen LogP contribution in [0, 0.1) is 0 Å². The van der Waals surface area contributed by atoms with Gasteiger partial charge in [0.05, 0.1) is 5.88 Å². The van der Waals surface area contributed by atoms with Crippen LogP contribution in [0.5, 0.6) is 0 Å². The first-order chi connectivity index (χ1) is 5.90. The van der Waals surface area contributed by atoms with Crippen LogP contribution in [-0.2, 0) is 4.79 Å². The van der Waals surface area contributed by atoms with Crippen LogP contribution in [0.3, 0.4) is 0 Å². The fraction of sp³-hybridized carbons (Fsp3) is 0.700. The molecule has 0 aliphatic carbocycles. The van der Waals surface area contributed by atoms with Crippen molar-refractivity contribution in [3.05, 3.63) is 11.6 Å². The second-order valence-electron chi connectivity index (χ2n) is 3.65. The van der Waals surface area contributed by atoms with Gasteiger partial charge < -0.3 is 5.11 Å². The molecule has 0 saturated carbocycles. The third-order valence-corrected chi connectivity index (χ3v) is 2.15. The summed E-state index contributed by atoms with van der Waals surface area (Å²) in [4.78, 5) is 11.1. The van der Waals surface area contributed by atoms with Gasteiger partial charge in [-0.1, -0.05) is 11.6 Å². The fourth-order valence-corrected chi connectivity index (χ4v) is 1.21. The number of allylic oxidation sites excluding steroid dienone is 2. The molecule has 0 bridgehead atoms. The highest BCUT2D eigenvalue weighted by Gasteiger charge is 2.27. The minimum Gasteiger partial charge on any atom is -0.382 e. The number of carbonyl (C=O) groups excluding carboxylic acids is 1.